The lowest BCUT2D eigenvalue weighted by atomic mass is 10.1. The highest BCUT2D eigenvalue weighted by atomic mass is 16.5. The number of rotatable bonds is 6. The van der Waals surface area contributed by atoms with E-state index >= 15 is 0 Å². The zero-order valence-corrected chi connectivity index (χ0v) is 10.3. The molecule has 0 radical (unpaired) electrons. The van der Waals surface area contributed by atoms with Crippen molar-refractivity contribution in [1.82, 2.24) is 4.90 Å². The molecular weight excluding hydrogens is 224 g/mol. The van der Waals surface area contributed by atoms with Crippen LogP contribution < -0.4 is 5.73 Å². The fourth-order valence-electron chi connectivity index (χ4n) is 1.94. The van der Waals surface area contributed by atoms with E-state index in [0.717, 1.165) is 0 Å². The summed E-state index contributed by atoms with van der Waals surface area (Å²) < 4.78 is 5.39. The Bertz CT molecular complexity index is 293. The highest BCUT2D eigenvalue weighted by Gasteiger charge is 2.32. The van der Waals surface area contributed by atoms with E-state index in [-0.39, 0.29) is 24.6 Å². The second-order valence-electron chi connectivity index (χ2n) is 4.65. The number of primary amides is 1. The molecule has 1 fully saturated rings. The molecule has 6 nitrogen and oxygen atoms in total. The fourth-order valence-corrected chi connectivity index (χ4v) is 1.94. The fraction of sp³-hybridized carbons (Fsp3) is 0.818. The van der Waals surface area contributed by atoms with E-state index in [0.29, 0.717) is 19.4 Å². The van der Waals surface area contributed by atoms with Gasteiger partial charge in [0.25, 0.3) is 0 Å². The van der Waals surface area contributed by atoms with Crippen molar-refractivity contribution in [3.05, 3.63) is 0 Å². The smallest absolute Gasteiger partial charge is 0.332 e. The topological polar surface area (TPSA) is 92.9 Å². The predicted molar refractivity (Wildman–Crippen MR) is 61.4 cm³/mol. The summed E-state index contributed by atoms with van der Waals surface area (Å²) in [6, 6.07) is 0.176. The summed E-state index contributed by atoms with van der Waals surface area (Å²) in [7, 11) is 0. The van der Waals surface area contributed by atoms with Crippen molar-refractivity contribution in [1.29, 1.82) is 0 Å². The second kappa shape index (κ2) is 5.97. The number of carbonyl (C=O) groups is 2. The molecular formula is C11H20N2O4. The lowest BCUT2D eigenvalue weighted by Crippen LogP contribution is -2.43. The number of hydrogen-bond acceptors (Lipinski definition) is 4. The normalized spacial score (nSPS) is 24.5. The first-order valence-corrected chi connectivity index (χ1v) is 5.80. The van der Waals surface area contributed by atoms with Crippen LogP contribution in [0.2, 0.25) is 0 Å². The number of amides is 1. The van der Waals surface area contributed by atoms with Gasteiger partial charge < -0.3 is 15.6 Å². The summed E-state index contributed by atoms with van der Waals surface area (Å²) in [6.45, 7) is 4.65. The molecule has 2 atom stereocenters. The SMILES string of the molecule is CC(C)N(CC(N)=O)CC1CCC(C(=O)O)O1. The molecule has 98 valence electrons. The molecule has 1 heterocycles. The number of hydrogen-bond donors (Lipinski definition) is 2. The Morgan fingerprint density at radius 2 is 2.12 bits per heavy atom. The monoisotopic (exact) mass is 244 g/mol. The molecule has 1 rings (SSSR count). The Morgan fingerprint density at radius 3 is 2.53 bits per heavy atom. The van der Waals surface area contributed by atoms with Crippen molar-refractivity contribution < 1.29 is 19.4 Å². The summed E-state index contributed by atoms with van der Waals surface area (Å²) in [6.07, 6.45) is 0.405. The third-order valence-electron chi connectivity index (χ3n) is 2.91. The van der Waals surface area contributed by atoms with Crippen LogP contribution in [0, 0.1) is 0 Å². The lowest BCUT2D eigenvalue weighted by Gasteiger charge is -2.27. The minimum absolute atomic E-state index is 0.127. The Balaban J connectivity index is 2.46. The van der Waals surface area contributed by atoms with E-state index in [1.54, 1.807) is 0 Å². The van der Waals surface area contributed by atoms with E-state index in [1.165, 1.54) is 0 Å². The van der Waals surface area contributed by atoms with Gasteiger partial charge in [-0.2, -0.15) is 0 Å². The first kappa shape index (κ1) is 13.9. The number of carboxylic acid groups (broad SMARTS) is 1. The minimum atomic E-state index is -0.918. The quantitative estimate of drug-likeness (QED) is 0.675. The van der Waals surface area contributed by atoms with Crippen LogP contribution >= 0.6 is 0 Å². The standard InChI is InChI=1S/C11H20N2O4/c1-7(2)13(6-10(12)14)5-8-3-4-9(17-8)11(15)16/h7-9H,3-6H2,1-2H3,(H2,12,14)(H,15,16). The van der Waals surface area contributed by atoms with Crippen molar-refractivity contribution in [3.8, 4) is 0 Å². The zero-order chi connectivity index (χ0) is 13.0. The number of ether oxygens (including phenoxy) is 1. The zero-order valence-electron chi connectivity index (χ0n) is 10.3. The summed E-state index contributed by atoms with van der Waals surface area (Å²) >= 11 is 0. The van der Waals surface area contributed by atoms with Gasteiger partial charge in [0.1, 0.15) is 0 Å². The Labute approximate surface area is 101 Å². The highest BCUT2D eigenvalue weighted by Crippen LogP contribution is 2.21. The third-order valence-corrected chi connectivity index (χ3v) is 2.91. The van der Waals surface area contributed by atoms with Crippen LogP contribution in [0.3, 0.4) is 0 Å². The van der Waals surface area contributed by atoms with E-state index < -0.39 is 12.1 Å². The molecule has 0 spiro atoms. The highest BCUT2D eigenvalue weighted by molar-refractivity contribution is 5.76. The summed E-state index contributed by atoms with van der Waals surface area (Å²) in [4.78, 5) is 23.5. The summed E-state index contributed by atoms with van der Waals surface area (Å²) in [5, 5.41) is 8.81. The van der Waals surface area contributed by atoms with Crippen LogP contribution in [0.1, 0.15) is 26.7 Å². The molecule has 2 unspecified atom stereocenters. The van der Waals surface area contributed by atoms with Gasteiger partial charge in [0.15, 0.2) is 6.10 Å². The first-order chi connectivity index (χ1) is 7.90. The van der Waals surface area contributed by atoms with Crippen LogP contribution in [0.5, 0.6) is 0 Å². The molecule has 1 aliphatic heterocycles. The van der Waals surface area contributed by atoms with Crippen molar-refractivity contribution in [2.45, 2.75) is 44.9 Å². The number of aliphatic carboxylic acids is 1. The number of nitrogens with zero attached hydrogens (tertiary/aromatic N) is 1. The van der Waals surface area contributed by atoms with Crippen molar-refractivity contribution >= 4 is 11.9 Å². The minimum Gasteiger partial charge on any atom is -0.479 e. The molecule has 1 saturated heterocycles. The Hall–Kier alpha value is -1.14. The molecule has 0 bridgehead atoms. The molecule has 6 heteroatoms. The average molecular weight is 244 g/mol. The maximum atomic E-state index is 10.9. The van der Waals surface area contributed by atoms with E-state index in [4.69, 9.17) is 15.6 Å². The van der Waals surface area contributed by atoms with Crippen LogP contribution in [-0.4, -0.2) is 53.2 Å². The van der Waals surface area contributed by atoms with Crippen LogP contribution in [-0.2, 0) is 14.3 Å². The van der Waals surface area contributed by atoms with E-state index in [2.05, 4.69) is 0 Å². The van der Waals surface area contributed by atoms with Gasteiger partial charge in [-0.1, -0.05) is 0 Å². The van der Waals surface area contributed by atoms with Gasteiger partial charge >= 0.3 is 5.97 Å². The van der Waals surface area contributed by atoms with Crippen molar-refractivity contribution in [2.75, 3.05) is 13.1 Å². The van der Waals surface area contributed by atoms with Gasteiger partial charge in [-0.15, -0.1) is 0 Å². The summed E-state index contributed by atoms with van der Waals surface area (Å²) in [5.41, 5.74) is 5.17. The summed E-state index contributed by atoms with van der Waals surface area (Å²) in [5.74, 6) is -1.30. The third kappa shape index (κ3) is 4.32. The second-order valence-corrected chi connectivity index (χ2v) is 4.65. The van der Waals surface area contributed by atoms with E-state index in [9.17, 15) is 9.59 Å². The molecule has 0 aromatic carbocycles. The molecule has 17 heavy (non-hydrogen) atoms. The molecule has 0 saturated carbocycles. The van der Waals surface area contributed by atoms with Crippen molar-refractivity contribution in [2.24, 2.45) is 5.73 Å². The van der Waals surface area contributed by atoms with Crippen LogP contribution in [0.4, 0.5) is 0 Å². The lowest BCUT2D eigenvalue weighted by molar-refractivity contribution is -0.150. The number of carboxylic acids is 1. The van der Waals surface area contributed by atoms with Gasteiger partial charge in [-0.05, 0) is 26.7 Å². The largest absolute Gasteiger partial charge is 0.479 e. The van der Waals surface area contributed by atoms with Crippen LogP contribution in [0.25, 0.3) is 0 Å². The molecule has 3 N–H and O–H groups in total. The first-order valence-electron chi connectivity index (χ1n) is 5.80. The molecule has 0 aromatic rings. The van der Waals surface area contributed by atoms with Gasteiger partial charge in [0.2, 0.25) is 5.91 Å². The number of nitrogens with two attached hydrogens (primary N) is 1. The van der Waals surface area contributed by atoms with E-state index in [1.807, 2.05) is 18.7 Å². The Morgan fingerprint density at radius 1 is 1.47 bits per heavy atom. The molecule has 1 aliphatic rings. The predicted octanol–water partition coefficient (Wildman–Crippen LogP) is -0.186. The number of carbonyl (C=O) groups excluding carboxylic acids is 1. The van der Waals surface area contributed by atoms with Crippen molar-refractivity contribution in [3.63, 3.8) is 0 Å². The maximum Gasteiger partial charge on any atom is 0.332 e. The molecule has 0 aliphatic carbocycles. The van der Waals surface area contributed by atoms with Crippen LogP contribution in [0.15, 0.2) is 0 Å². The molecule has 1 amide bonds. The van der Waals surface area contributed by atoms with Gasteiger partial charge in [0, 0.05) is 12.6 Å². The Kier molecular flexibility index (Phi) is 4.89. The maximum absolute atomic E-state index is 10.9. The molecule has 0 aromatic heterocycles. The van der Waals surface area contributed by atoms with Gasteiger partial charge in [-0.3, -0.25) is 9.69 Å². The van der Waals surface area contributed by atoms with Gasteiger partial charge in [-0.25, -0.2) is 4.79 Å². The average Bonchev–Trinajstić information content (AvgIpc) is 2.64. The van der Waals surface area contributed by atoms with Gasteiger partial charge in [0.05, 0.1) is 12.6 Å².